The molecule has 0 aliphatic carbocycles. The van der Waals surface area contributed by atoms with Crippen LogP contribution in [0, 0.1) is 0 Å². The second kappa shape index (κ2) is 8.16. The lowest BCUT2D eigenvalue weighted by Crippen LogP contribution is -2.49. The third-order valence-corrected chi connectivity index (χ3v) is 3.73. The van der Waals surface area contributed by atoms with Crippen LogP contribution in [0.1, 0.15) is 22.3 Å². The smallest absolute Gasteiger partial charge is 0.317 e. The van der Waals surface area contributed by atoms with Crippen molar-refractivity contribution >= 4 is 11.9 Å². The normalized spacial score (nSPS) is 18.2. The number of carboxylic acids is 1. The maximum Gasteiger partial charge on any atom is 0.317 e. The van der Waals surface area contributed by atoms with Crippen LogP contribution in [-0.2, 0) is 9.53 Å². The molecule has 1 aromatic carbocycles. The van der Waals surface area contributed by atoms with Crippen molar-refractivity contribution in [3.63, 3.8) is 0 Å². The van der Waals surface area contributed by atoms with Gasteiger partial charge in [0, 0.05) is 30.8 Å². The molecule has 1 saturated heterocycles. The van der Waals surface area contributed by atoms with Gasteiger partial charge in [0.25, 0.3) is 12.3 Å². The largest absolute Gasteiger partial charge is 0.480 e. The van der Waals surface area contributed by atoms with Crippen LogP contribution in [0.3, 0.4) is 0 Å². The van der Waals surface area contributed by atoms with Crippen molar-refractivity contribution in [1.29, 1.82) is 0 Å². The third kappa shape index (κ3) is 4.97. The van der Waals surface area contributed by atoms with Crippen molar-refractivity contribution in [1.82, 2.24) is 9.80 Å². The molecule has 8 heteroatoms. The number of halogens is 2. The maximum absolute atomic E-state index is 12.8. The first-order valence-electron chi connectivity index (χ1n) is 7.56. The minimum absolute atomic E-state index is 0.121. The lowest BCUT2D eigenvalue weighted by Gasteiger charge is -2.34. The maximum atomic E-state index is 12.8. The second-order valence-electron chi connectivity index (χ2n) is 5.76. The van der Waals surface area contributed by atoms with E-state index in [1.165, 1.54) is 24.3 Å². The molecule has 1 aromatic rings. The van der Waals surface area contributed by atoms with Gasteiger partial charge in [0.05, 0.1) is 19.3 Å². The molecule has 0 spiro atoms. The molecule has 6 nitrogen and oxygen atoms in total. The van der Waals surface area contributed by atoms with E-state index >= 15 is 0 Å². The van der Waals surface area contributed by atoms with Crippen LogP contribution in [-0.4, -0.2) is 72.7 Å². The Morgan fingerprint density at radius 2 is 2.21 bits per heavy atom. The SMILES string of the molecule is CN(CC(=O)O)CC1CN(C(=O)c2cccc(C(F)F)c2)CCO1. The quantitative estimate of drug-likeness (QED) is 0.848. The zero-order valence-electron chi connectivity index (χ0n) is 13.3. The van der Waals surface area contributed by atoms with Crippen molar-refractivity contribution in [3.05, 3.63) is 35.4 Å². The molecular weight excluding hydrogens is 322 g/mol. The first kappa shape index (κ1) is 18.3. The van der Waals surface area contributed by atoms with Crippen molar-refractivity contribution in [2.24, 2.45) is 0 Å². The fraction of sp³-hybridized carbons (Fsp3) is 0.500. The Morgan fingerprint density at radius 1 is 1.46 bits per heavy atom. The van der Waals surface area contributed by atoms with E-state index in [0.29, 0.717) is 26.2 Å². The Morgan fingerprint density at radius 3 is 2.88 bits per heavy atom. The second-order valence-corrected chi connectivity index (χ2v) is 5.76. The highest BCUT2D eigenvalue weighted by Crippen LogP contribution is 2.20. The van der Waals surface area contributed by atoms with Crippen molar-refractivity contribution in [2.45, 2.75) is 12.5 Å². The fourth-order valence-electron chi connectivity index (χ4n) is 2.65. The van der Waals surface area contributed by atoms with Gasteiger partial charge in [-0.05, 0) is 19.2 Å². The van der Waals surface area contributed by atoms with E-state index in [1.807, 2.05) is 0 Å². The fourth-order valence-corrected chi connectivity index (χ4v) is 2.65. The average Bonchev–Trinajstić information content (AvgIpc) is 2.53. The molecule has 0 bridgehead atoms. The van der Waals surface area contributed by atoms with Gasteiger partial charge >= 0.3 is 5.97 Å². The standard InChI is InChI=1S/C16H20F2N2O4/c1-19(10-14(21)22)8-13-9-20(5-6-24-13)16(23)12-4-2-3-11(7-12)15(17)18/h2-4,7,13,15H,5-6,8-10H2,1H3,(H,21,22). The van der Waals surface area contributed by atoms with E-state index < -0.39 is 12.4 Å². The number of carbonyl (C=O) groups excluding carboxylic acids is 1. The number of likely N-dealkylation sites (N-methyl/N-ethyl adjacent to an activating group) is 1. The summed E-state index contributed by atoms with van der Waals surface area (Å²) in [5.41, 5.74) is 0.0270. The molecule has 1 aliphatic heterocycles. The molecule has 0 aromatic heterocycles. The van der Waals surface area contributed by atoms with Crippen molar-refractivity contribution in [3.8, 4) is 0 Å². The van der Waals surface area contributed by atoms with E-state index in [-0.39, 0.29) is 29.7 Å². The number of benzene rings is 1. The zero-order valence-corrected chi connectivity index (χ0v) is 13.3. The summed E-state index contributed by atoms with van der Waals surface area (Å²) in [6.07, 6.45) is -2.94. The lowest BCUT2D eigenvalue weighted by atomic mass is 10.1. The topological polar surface area (TPSA) is 70.1 Å². The van der Waals surface area contributed by atoms with Crippen LogP contribution in [0.5, 0.6) is 0 Å². The number of alkyl halides is 2. The molecular formula is C16H20F2N2O4. The Labute approximate surface area is 138 Å². The van der Waals surface area contributed by atoms with Gasteiger partial charge in [-0.25, -0.2) is 8.78 Å². The minimum atomic E-state index is -2.63. The molecule has 0 saturated carbocycles. The van der Waals surface area contributed by atoms with Crippen LogP contribution in [0.25, 0.3) is 0 Å². The van der Waals surface area contributed by atoms with Gasteiger partial charge < -0.3 is 14.7 Å². The number of morpholine rings is 1. The minimum Gasteiger partial charge on any atom is -0.480 e. The summed E-state index contributed by atoms with van der Waals surface area (Å²) in [6, 6.07) is 5.43. The zero-order chi connectivity index (χ0) is 17.7. The predicted octanol–water partition coefficient (Wildman–Crippen LogP) is 1.48. The van der Waals surface area contributed by atoms with Gasteiger partial charge in [-0.3, -0.25) is 14.5 Å². The highest BCUT2D eigenvalue weighted by molar-refractivity contribution is 5.94. The van der Waals surface area contributed by atoms with Crippen LogP contribution < -0.4 is 0 Å². The summed E-state index contributed by atoms with van der Waals surface area (Å²) in [7, 11) is 1.66. The highest BCUT2D eigenvalue weighted by Gasteiger charge is 2.26. The lowest BCUT2D eigenvalue weighted by molar-refractivity contribution is -0.138. The molecule has 1 unspecified atom stereocenters. The van der Waals surface area contributed by atoms with Gasteiger partial charge in [-0.15, -0.1) is 0 Å². The number of carbonyl (C=O) groups is 2. The van der Waals surface area contributed by atoms with Crippen LogP contribution in [0.2, 0.25) is 0 Å². The van der Waals surface area contributed by atoms with E-state index in [4.69, 9.17) is 9.84 Å². The van der Waals surface area contributed by atoms with Gasteiger partial charge in [-0.1, -0.05) is 12.1 Å². The van der Waals surface area contributed by atoms with Crippen LogP contribution >= 0.6 is 0 Å². The molecule has 132 valence electrons. The Bertz CT molecular complexity index is 597. The molecule has 0 radical (unpaired) electrons. The summed E-state index contributed by atoms with van der Waals surface area (Å²) < 4.78 is 31.1. The number of amides is 1. The number of nitrogens with zero attached hydrogens (tertiary/aromatic N) is 2. The first-order chi connectivity index (χ1) is 11.4. The van der Waals surface area contributed by atoms with Crippen molar-refractivity contribution < 1.29 is 28.2 Å². The number of carboxylic acid groups (broad SMARTS) is 1. The Kier molecular flexibility index (Phi) is 6.22. The van der Waals surface area contributed by atoms with E-state index in [2.05, 4.69) is 0 Å². The molecule has 1 N–H and O–H groups in total. The summed E-state index contributed by atoms with van der Waals surface area (Å²) in [4.78, 5) is 26.3. The molecule has 1 aliphatic rings. The predicted molar refractivity (Wildman–Crippen MR) is 82.2 cm³/mol. The molecule has 2 rings (SSSR count). The third-order valence-electron chi connectivity index (χ3n) is 3.73. The Hall–Kier alpha value is -2.06. The number of aliphatic carboxylic acids is 1. The molecule has 1 fully saturated rings. The monoisotopic (exact) mass is 342 g/mol. The van der Waals surface area contributed by atoms with Gasteiger partial charge in [0.1, 0.15) is 0 Å². The summed E-state index contributed by atoms with van der Waals surface area (Å²) >= 11 is 0. The molecule has 1 heterocycles. The van der Waals surface area contributed by atoms with Crippen molar-refractivity contribution in [2.75, 3.05) is 39.8 Å². The van der Waals surface area contributed by atoms with E-state index in [1.54, 1.807) is 16.8 Å². The summed E-state index contributed by atoms with van der Waals surface area (Å²) in [5, 5.41) is 8.76. The first-order valence-corrected chi connectivity index (χ1v) is 7.56. The number of hydrogen-bond acceptors (Lipinski definition) is 4. The van der Waals surface area contributed by atoms with Crippen LogP contribution in [0.15, 0.2) is 24.3 Å². The Balaban J connectivity index is 1.99. The molecule has 1 amide bonds. The van der Waals surface area contributed by atoms with E-state index in [9.17, 15) is 18.4 Å². The van der Waals surface area contributed by atoms with Gasteiger partial charge in [-0.2, -0.15) is 0 Å². The number of ether oxygens (including phenoxy) is 1. The van der Waals surface area contributed by atoms with E-state index in [0.717, 1.165) is 0 Å². The number of rotatable bonds is 6. The molecule has 1 atom stereocenters. The van der Waals surface area contributed by atoms with Gasteiger partial charge in [0.15, 0.2) is 0 Å². The van der Waals surface area contributed by atoms with Gasteiger partial charge in [0.2, 0.25) is 0 Å². The summed E-state index contributed by atoms with van der Waals surface area (Å²) in [6.45, 7) is 1.24. The average molecular weight is 342 g/mol. The van der Waals surface area contributed by atoms with Crippen LogP contribution in [0.4, 0.5) is 8.78 Å². The number of hydrogen-bond donors (Lipinski definition) is 1. The highest BCUT2D eigenvalue weighted by atomic mass is 19.3. The molecule has 24 heavy (non-hydrogen) atoms. The summed E-state index contributed by atoms with van der Waals surface area (Å²) in [5.74, 6) is -1.27.